The van der Waals surface area contributed by atoms with Gasteiger partial charge in [0.2, 0.25) is 15.9 Å². The Morgan fingerprint density at radius 3 is 2.52 bits per heavy atom. The van der Waals surface area contributed by atoms with Crippen LogP contribution in [0.15, 0.2) is 47.4 Å². The van der Waals surface area contributed by atoms with Gasteiger partial charge in [0, 0.05) is 12.2 Å². The molecule has 2 aromatic carbocycles. The Hall–Kier alpha value is -2.45. The van der Waals surface area contributed by atoms with Crippen molar-refractivity contribution < 1.29 is 22.3 Å². The second-order valence-corrected chi connectivity index (χ2v) is 7.79. The van der Waals surface area contributed by atoms with Crippen LogP contribution in [0.1, 0.15) is 19.4 Å². The van der Waals surface area contributed by atoms with Gasteiger partial charge in [-0.2, -0.15) is 4.31 Å². The van der Waals surface area contributed by atoms with Crippen LogP contribution in [0.5, 0.6) is 5.75 Å². The van der Waals surface area contributed by atoms with E-state index in [0.717, 1.165) is 4.31 Å². The van der Waals surface area contributed by atoms with Gasteiger partial charge in [0.1, 0.15) is 11.6 Å². The van der Waals surface area contributed by atoms with E-state index in [2.05, 4.69) is 5.32 Å². The quantitative estimate of drug-likeness (QED) is 0.746. The number of rotatable bonds is 8. The van der Waals surface area contributed by atoms with Crippen molar-refractivity contribution in [2.45, 2.75) is 25.7 Å². The number of ether oxygens (including phenoxy) is 1. The van der Waals surface area contributed by atoms with Crippen LogP contribution in [0.3, 0.4) is 0 Å². The van der Waals surface area contributed by atoms with Crippen molar-refractivity contribution >= 4 is 21.6 Å². The van der Waals surface area contributed by atoms with Crippen molar-refractivity contribution in [3.05, 3.63) is 53.8 Å². The van der Waals surface area contributed by atoms with E-state index in [0.29, 0.717) is 17.9 Å². The highest BCUT2D eigenvalue weighted by molar-refractivity contribution is 7.89. The Balaban J connectivity index is 2.17. The summed E-state index contributed by atoms with van der Waals surface area (Å²) in [5, 5.41) is 2.50. The first-order valence-electron chi connectivity index (χ1n) is 8.57. The number of nitrogens with one attached hydrogen (secondary N) is 1. The number of carbonyl (C=O) groups is 1. The Bertz CT molecular complexity index is 916. The van der Waals surface area contributed by atoms with Crippen LogP contribution in [0.4, 0.5) is 10.1 Å². The minimum absolute atomic E-state index is 0.0869. The molecule has 8 heteroatoms. The fraction of sp³-hybridized carbons (Fsp3) is 0.316. The third-order valence-corrected chi connectivity index (χ3v) is 5.78. The molecule has 0 spiro atoms. The topological polar surface area (TPSA) is 75.7 Å². The van der Waals surface area contributed by atoms with Crippen LogP contribution in [-0.4, -0.2) is 38.3 Å². The predicted molar refractivity (Wildman–Crippen MR) is 102 cm³/mol. The summed E-state index contributed by atoms with van der Waals surface area (Å²) in [6.45, 7) is 5.48. The maximum absolute atomic E-state index is 13.2. The van der Waals surface area contributed by atoms with Gasteiger partial charge >= 0.3 is 0 Å². The van der Waals surface area contributed by atoms with Crippen LogP contribution in [0.25, 0.3) is 0 Å². The lowest BCUT2D eigenvalue weighted by Crippen LogP contribution is -2.37. The minimum atomic E-state index is -3.86. The summed E-state index contributed by atoms with van der Waals surface area (Å²) in [4.78, 5) is 12.3. The number of likely N-dealkylation sites (N-methyl/N-ethyl adjacent to an activating group) is 1. The highest BCUT2D eigenvalue weighted by atomic mass is 32.2. The molecule has 1 N–H and O–H groups in total. The van der Waals surface area contributed by atoms with Gasteiger partial charge < -0.3 is 10.1 Å². The van der Waals surface area contributed by atoms with Crippen LogP contribution in [-0.2, 0) is 14.8 Å². The molecule has 27 heavy (non-hydrogen) atoms. The molecule has 0 radical (unpaired) electrons. The van der Waals surface area contributed by atoms with Gasteiger partial charge in [0.25, 0.3) is 0 Å². The normalized spacial score (nSPS) is 11.4. The number of amides is 1. The number of anilines is 1. The molecule has 0 atom stereocenters. The predicted octanol–water partition coefficient (Wildman–Crippen LogP) is 3.18. The monoisotopic (exact) mass is 394 g/mol. The van der Waals surface area contributed by atoms with Gasteiger partial charge in [0.05, 0.1) is 18.0 Å². The molecule has 0 bridgehead atoms. The summed E-state index contributed by atoms with van der Waals surface area (Å²) in [7, 11) is -3.86. The fourth-order valence-corrected chi connectivity index (χ4v) is 4.03. The fourth-order valence-electron chi connectivity index (χ4n) is 2.54. The SMILES string of the molecule is CCOc1ccc(S(=O)(=O)N(CC)CC(=O)Nc2cccc(F)c2)cc1C. The smallest absolute Gasteiger partial charge is 0.243 e. The van der Waals surface area contributed by atoms with Gasteiger partial charge in [-0.25, -0.2) is 12.8 Å². The van der Waals surface area contributed by atoms with E-state index in [-0.39, 0.29) is 23.7 Å². The van der Waals surface area contributed by atoms with Gasteiger partial charge in [-0.1, -0.05) is 13.0 Å². The Labute approximate surface area is 159 Å². The highest BCUT2D eigenvalue weighted by Gasteiger charge is 2.26. The van der Waals surface area contributed by atoms with E-state index in [4.69, 9.17) is 4.74 Å². The van der Waals surface area contributed by atoms with E-state index >= 15 is 0 Å². The zero-order chi connectivity index (χ0) is 20.0. The maximum atomic E-state index is 13.2. The number of hydrogen-bond donors (Lipinski definition) is 1. The van der Waals surface area contributed by atoms with Gasteiger partial charge in [-0.3, -0.25) is 4.79 Å². The Kier molecular flexibility index (Phi) is 6.92. The molecule has 0 saturated carbocycles. The number of carbonyl (C=O) groups excluding carboxylic acids is 1. The molecule has 0 unspecified atom stereocenters. The average molecular weight is 394 g/mol. The lowest BCUT2D eigenvalue weighted by atomic mass is 10.2. The van der Waals surface area contributed by atoms with E-state index in [9.17, 15) is 17.6 Å². The lowest BCUT2D eigenvalue weighted by Gasteiger charge is -2.20. The molecular weight excluding hydrogens is 371 g/mol. The zero-order valence-corrected chi connectivity index (χ0v) is 16.3. The first-order chi connectivity index (χ1) is 12.8. The molecule has 0 aromatic heterocycles. The van der Waals surface area contributed by atoms with Crippen LogP contribution in [0, 0.1) is 12.7 Å². The molecule has 0 saturated heterocycles. The molecular formula is C19H23FN2O4S. The summed E-state index contributed by atoms with van der Waals surface area (Å²) < 4.78 is 45.5. The highest BCUT2D eigenvalue weighted by Crippen LogP contribution is 2.24. The number of aryl methyl sites for hydroxylation is 1. The van der Waals surface area contributed by atoms with Crippen LogP contribution >= 0.6 is 0 Å². The van der Waals surface area contributed by atoms with E-state index in [1.165, 1.54) is 36.4 Å². The van der Waals surface area contributed by atoms with Gasteiger partial charge in [0.15, 0.2) is 0 Å². The van der Waals surface area contributed by atoms with E-state index < -0.39 is 21.7 Å². The zero-order valence-electron chi connectivity index (χ0n) is 15.5. The summed E-state index contributed by atoms with van der Waals surface area (Å²) in [6.07, 6.45) is 0. The van der Waals surface area contributed by atoms with Crippen molar-refractivity contribution in [2.24, 2.45) is 0 Å². The Morgan fingerprint density at radius 2 is 1.93 bits per heavy atom. The van der Waals surface area contributed by atoms with E-state index in [1.807, 2.05) is 6.92 Å². The standard InChI is InChI=1S/C19H23FN2O4S/c1-4-22(13-19(23)21-16-8-6-7-15(20)12-16)27(24,25)17-9-10-18(26-5-2)14(3)11-17/h6-12H,4-5,13H2,1-3H3,(H,21,23). The van der Waals surface area contributed by atoms with Crippen molar-refractivity contribution in [3.8, 4) is 5.75 Å². The molecule has 2 aromatic rings. The first-order valence-corrected chi connectivity index (χ1v) is 10.0. The number of hydrogen-bond acceptors (Lipinski definition) is 4. The number of sulfonamides is 1. The van der Waals surface area contributed by atoms with Crippen molar-refractivity contribution in [3.63, 3.8) is 0 Å². The van der Waals surface area contributed by atoms with Crippen molar-refractivity contribution in [2.75, 3.05) is 25.0 Å². The molecule has 0 heterocycles. The summed E-state index contributed by atoms with van der Waals surface area (Å²) in [5.41, 5.74) is 0.962. The second kappa shape index (κ2) is 8.96. The van der Waals surface area contributed by atoms with Crippen molar-refractivity contribution in [1.82, 2.24) is 4.31 Å². The van der Waals surface area contributed by atoms with Gasteiger partial charge in [-0.05, 0) is 55.8 Å². The van der Waals surface area contributed by atoms with Gasteiger partial charge in [-0.15, -0.1) is 0 Å². The Morgan fingerprint density at radius 1 is 1.19 bits per heavy atom. The second-order valence-electron chi connectivity index (χ2n) is 5.85. The molecule has 146 valence electrons. The number of benzene rings is 2. The molecule has 0 aliphatic rings. The van der Waals surface area contributed by atoms with Crippen molar-refractivity contribution in [1.29, 1.82) is 0 Å². The maximum Gasteiger partial charge on any atom is 0.243 e. The molecule has 0 aliphatic heterocycles. The molecule has 0 aliphatic carbocycles. The largest absolute Gasteiger partial charge is 0.494 e. The van der Waals surface area contributed by atoms with Crippen LogP contribution < -0.4 is 10.1 Å². The lowest BCUT2D eigenvalue weighted by molar-refractivity contribution is -0.116. The third-order valence-electron chi connectivity index (χ3n) is 3.87. The molecule has 2 rings (SSSR count). The summed E-state index contributed by atoms with van der Waals surface area (Å²) in [5.74, 6) is -0.422. The molecule has 1 amide bonds. The first kappa shape index (κ1) is 20.9. The van der Waals surface area contributed by atoms with E-state index in [1.54, 1.807) is 19.9 Å². The van der Waals surface area contributed by atoms with Crippen LogP contribution in [0.2, 0.25) is 0 Å². The number of nitrogens with zero attached hydrogens (tertiary/aromatic N) is 1. The summed E-state index contributed by atoms with van der Waals surface area (Å²) in [6, 6.07) is 10.00. The number of halogens is 1. The molecule has 0 fully saturated rings. The summed E-state index contributed by atoms with van der Waals surface area (Å²) >= 11 is 0. The average Bonchev–Trinajstić information content (AvgIpc) is 2.61. The third kappa shape index (κ3) is 5.27. The minimum Gasteiger partial charge on any atom is -0.494 e. The molecule has 6 nitrogen and oxygen atoms in total.